The van der Waals surface area contributed by atoms with Crippen molar-refractivity contribution in [3.8, 4) is 0 Å². The highest BCUT2D eigenvalue weighted by atomic mass is 35.5. The van der Waals surface area contributed by atoms with Gasteiger partial charge in [-0.15, -0.1) is 0 Å². The van der Waals surface area contributed by atoms with Crippen LogP contribution in [0.4, 0.5) is 0 Å². The maximum absolute atomic E-state index is 11.8. The maximum Gasteiger partial charge on any atom is 0.327 e. The topological polar surface area (TPSA) is 52.3 Å². The summed E-state index contributed by atoms with van der Waals surface area (Å²) in [5.41, 5.74) is 6.58. The predicted octanol–water partition coefficient (Wildman–Crippen LogP) is 4.24. The fourth-order valence-corrected chi connectivity index (χ4v) is 2.08. The van der Waals surface area contributed by atoms with E-state index in [9.17, 15) is 4.79 Å². The van der Waals surface area contributed by atoms with Crippen LogP contribution in [0, 0.1) is 0 Å². The van der Waals surface area contributed by atoms with Crippen molar-refractivity contribution in [3.63, 3.8) is 0 Å². The molecule has 1 rings (SSSR count). The van der Waals surface area contributed by atoms with Crippen LogP contribution in [-0.2, 0) is 9.53 Å². The fourth-order valence-electron chi connectivity index (χ4n) is 1.95. The molecule has 3 nitrogen and oxygen atoms in total. The lowest BCUT2D eigenvalue weighted by Gasteiger charge is -2.12. The van der Waals surface area contributed by atoms with Gasteiger partial charge in [0.25, 0.3) is 0 Å². The molecule has 1 atom stereocenters. The smallest absolute Gasteiger partial charge is 0.327 e. The van der Waals surface area contributed by atoms with Gasteiger partial charge in [0.05, 0.1) is 6.61 Å². The molecular formula is C16H24ClNO2. The summed E-state index contributed by atoms with van der Waals surface area (Å²) in [6.45, 7) is 2.65. The van der Waals surface area contributed by atoms with E-state index >= 15 is 0 Å². The Morgan fingerprint density at radius 3 is 2.40 bits per heavy atom. The minimum atomic E-state index is -0.729. The third kappa shape index (κ3) is 6.40. The number of hydrogen-bond donors (Lipinski definition) is 1. The molecule has 0 amide bonds. The molecule has 112 valence electrons. The molecule has 0 heterocycles. The van der Waals surface area contributed by atoms with Gasteiger partial charge in [0.15, 0.2) is 0 Å². The van der Waals surface area contributed by atoms with Crippen LogP contribution in [0.3, 0.4) is 0 Å². The van der Waals surface area contributed by atoms with Crippen LogP contribution in [0.2, 0.25) is 5.02 Å². The quantitative estimate of drug-likeness (QED) is 0.548. The van der Waals surface area contributed by atoms with E-state index in [1.165, 1.54) is 25.7 Å². The highest BCUT2D eigenvalue weighted by Gasteiger charge is 2.16. The Labute approximate surface area is 126 Å². The van der Waals surface area contributed by atoms with Crippen LogP contribution in [0.15, 0.2) is 24.3 Å². The molecule has 0 unspecified atom stereocenters. The molecule has 0 saturated carbocycles. The Bertz CT molecular complexity index is 392. The first-order chi connectivity index (χ1) is 9.65. The van der Waals surface area contributed by atoms with E-state index in [0.717, 1.165) is 18.4 Å². The highest BCUT2D eigenvalue weighted by molar-refractivity contribution is 6.30. The van der Waals surface area contributed by atoms with Crippen molar-refractivity contribution in [2.75, 3.05) is 6.61 Å². The Hall–Kier alpha value is -1.06. The average Bonchev–Trinajstić information content (AvgIpc) is 2.46. The Morgan fingerprint density at radius 1 is 1.15 bits per heavy atom. The molecular weight excluding hydrogens is 274 g/mol. The zero-order chi connectivity index (χ0) is 14.8. The monoisotopic (exact) mass is 297 g/mol. The minimum absolute atomic E-state index is 0.374. The SMILES string of the molecule is CCCCCCCCOC(=O)[C@@H](N)c1ccc(Cl)cc1. The van der Waals surface area contributed by atoms with Gasteiger partial charge in [0, 0.05) is 5.02 Å². The van der Waals surface area contributed by atoms with E-state index < -0.39 is 6.04 Å². The number of carbonyl (C=O) groups excluding carboxylic acids is 1. The standard InChI is InChI=1S/C16H24ClNO2/c1-2-3-4-5-6-7-12-20-16(19)15(18)13-8-10-14(17)11-9-13/h8-11,15H,2-7,12,18H2,1H3/t15-/m0/s1. The summed E-state index contributed by atoms with van der Waals surface area (Å²) in [7, 11) is 0. The van der Waals surface area contributed by atoms with Crippen molar-refractivity contribution in [2.45, 2.75) is 51.5 Å². The second-order valence-electron chi connectivity index (χ2n) is 4.96. The summed E-state index contributed by atoms with van der Waals surface area (Å²) in [5, 5.41) is 0.626. The molecule has 0 bridgehead atoms. The van der Waals surface area contributed by atoms with E-state index in [1.807, 2.05) is 0 Å². The Kier molecular flexibility index (Phi) is 8.31. The van der Waals surface area contributed by atoms with Gasteiger partial charge in [-0.1, -0.05) is 62.8 Å². The van der Waals surface area contributed by atoms with Gasteiger partial charge >= 0.3 is 5.97 Å². The van der Waals surface area contributed by atoms with E-state index in [0.29, 0.717) is 11.6 Å². The van der Waals surface area contributed by atoms with Crippen LogP contribution in [-0.4, -0.2) is 12.6 Å². The van der Waals surface area contributed by atoms with Crippen LogP contribution in [0.25, 0.3) is 0 Å². The van der Waals surface area contributed by atoms with Gasteiger partial charge in [-0.05, 0) is 24.1 Å². The van der Waals surface area contributed by atoms with Crippen molar-refractivity contribution in [1.29, 1.82) is 0 Å². The molecule has 0 aliphatic carbocycles. The molecule has 0 aliphatic rings. The molecule has 4 heteroatoms. The molecule has 0 spiro atoms. The zero-order valence-electron chi connectivity index (χ0n) is 12.1. The fraction of sp³-hybridized carbons (Fsp3) is 0.562. The molecule has 0 aliphatic heterocycles. The molecule has 1 aromatic rings. The van der Waals surface area contributed by atoms with Crippen molar-refractivity contribution in [2.24, 2.45) is 5.73 Å². The minimum Gasteiger partial charge on any atom is -0.464 e. The summed E-state index contributed by atoms with van der Waals surface area (Å²) in [5.74, 6) is -0.374. The van der Waals surface area contributed by atoms with Crippen molar-refractivity contribution in [3.05, 3.63) is 34.9 Å². The van der Waals surface area contributed by atoms with Gasteiger partial charge in [-0.25, -0.2) is 4.79 Å². The summed E-state index contributed by atoms with van der Waals surface area (Å²) < 4.78 is 5.20. The second kappa shape index (κ2) is 9.78. The third-order valence-electron chi connectivity index (χ3n) is 3.23. The van der Waals surface area contributed by atoms with Gasteiger partial charge in [-0.2, -0.15) is 0 Å². The summed E-state index contributed by atoms with van der Waals surface area (Å²) >= 11 is 5.79. The Balaban J connectivity index is 2.20. The van der Waals surface area contributed by atoms with E-state index in [2.05, 4.69) is 6.92 Å². The molecule has 0 fully saturated rings. The maximum atomic E-state index is 11.8. The molecule has 1 aromatic carbocycles. The summed E-state index contributed by atoms with van der Waals surface area (Å²) in [6, 6.07) is 6.21. The van der Waals surface area contributed by atoms with E-state index in [-0.39, 0.29) is 5.97 Å². The highest BCUT2D eigenvalue weighted by Crippen LogP contribution is 2.16. The molecule has 0 radical (unpaired) electrons. The number of benzene rings is 1. The number of esters is 1. The Morgan fingerprint density at radius 2 is 1.75 bits per heavy atom. The van der Waals surface area contributed by atoms with Gasteiger partial charge in [-0.3, -0.25) is 0 Å². The van der Waals surface area contributed by atoms with Crippen LogP contribution in [0.1, 0.15) is 57.1 Å². The number of nitrogens with two attached hydrogens (primary N) is 1. The molecule has 2 N–H and O–H groups in total. The van der Waals surface area contributed by atoms with Crippen molar-refractivity contribution in [1.82, 2.24) is 0 Å². The van der Waals surface area contributed by atoms with Crippen LogP contribution >= 0.6 is 11.6 Å². The summed E-state index contributed by atoms with van der Waals surface area (Å²) in [6.07, 6.45) is 6.99. The largest absolute Gasteiger partial charge is 0.464 e. The average molecular weight is 298 g/mol. The van der Waals surface area contributed by atoms with Crippen LogP contribution in [0.5, 0.6) is 0 Å². The normalized spacial score (nSPS) is 12.2. The first-order valence-corrected chi connectivity index (χ1v) is 7.70. The van der Waals surface area contributed by atoms with E-state index in [1.54, 1.807) is 24.3 Å². The molecule has 20 heavy (non-hydrogen) atoms. The first-order valence-electron chi connectivity index (χ1n) is 7.33. The lowest BCUT2D eigenvalue weighted by atomic mass is 10.1. The number of ether oxygens (including phenoxy) is 1. The van der Waals surface area contributed by atoms with Gasteiger partial charge < -0.3 is 10.5 Å². The first kappa shape index (κ1) is 17.0. The lowest BCUT2D eigenvalue weighted by molar-refractivity contribution is -0.145. The molecule has 0 aromatic heterocycles. The van der Waals surface area contributed by atoms with Crippen molar-refractivity contribution >= 4 is 17.6 Å². The third-order valence-corrected chi connectivity index (χ3v) is 3.48. The number of rotatable bonds is 9. The molecule has 0 saturated heterocycles. The van der Waals surface area contributed by atoms with Gasteiger partial charge in [0.1, 0.15) is 6.04 Å². The van der Waals surface area contributed by atoms with Crippen LogP contribution < -0.4 is 5.73 Å². The van der Waals surface area contributed by atoms with E-state index in [4.69, 9.17) is 22.1 Å². The number of halogens is 1. The second-order valence-corrected chi connectivity index (χ2v) is 5.40. The number of carbonyl (C=O) groups is 1. The lowest BCUT2D eigenvalue weighted by Crippen LogP contribution is -2.24. The predicted molar refractivity (Wildman–Crippen MR) is 82.7 cm³/mol. The van der Waals surface area contributed by atoms with Gasteiger partial charge in [0.2, 0.25) is 0 Å². The number of hydrogen-bond acceptors (Lipinski definition) is 3. The summed E-state index contributed by atoms with van der Waals surface area (Å²) in [4.78, 5) is 11.8. The number of unbranched alkanes of at least 4 members (excludes halogenated alkanes) is 5. The van der Waals surface area contributed by atoms with Crippen molar-refractivity contribution < 1.29 is 9.53 Å². The zero-order valence-corrected chi connectivity index (χ0v) is 12.9.